The average molecular weight is 416 g/mol. The van der Waals surface area contributed by atoms with Crippen LogP contribution in [0.25, 0.3) is 10.8 Å². The Labute approximate surface area is 173 Å². The second kappa shape index (κ2) is 10.1. The summed E-state index contributed by atoms with van der Waals surface area (Å²) in [7, 11) is 1.69. The molecule has 0 aliphatic carbocycles. The highest BCUT2D eigenvalue weighted by Crippen LogP contribution is 2.17. The van der Waals surface area contributed by atoms with Crippen molar-refractivity contribution in [2.75, 3.05) is 13.7 Å². The molecule has 3 aromatic rings. The number of guanidine groups is 1. The number of nitrogens with zero attached hydrogens (tertiary/aromatic N) is 2. The maximum atomic E-state index is 12.1. The third kappa shape index (κ3) is 6.45. The number of halogens is 3. The molecule has 1 aromatic heterocycles. The monoisotopic (exact) mass is 416 g/mol. The lowest BCUT2D eigenvalue weighted by Gasteiger charge is -2.13. The van der Waals surface area contributed by atoms with E-state index in [1.807, 2.05) is 42.5 Å². The molecule has 0 amide bonds. The van der Waals surface area contributed by atoms with Crippen LogP contribution in [0.2, 0.25) is 0 Å². The highest BCUT2D eigenvalue weighted by molar-refractivity contribution is 5.85. The smallest absolute Gasteiger partial charge is 0.367 e. The van der Waals surface area contributed by atoms with Gasteiger partial charge in [-0.3, -0.25) is 9.98 Å². The Morgan fingerprint density at radius 2 is 1.67 bits per heavy atom. The van der Waals surface area contributed by atoms with Gasteiger partial charge in [-0.2, -0.15) is 13.2 Å². The maximum Gasteiger partial charge on any atom is 0.411 e. The number of aromatic nitrogens is 1. The summed E-state index contributed by atoms with van der Waals surface area (Å²) in [6.45, 7) is -0.277. The summed E-state index contributed by atoms with van der Waals surface area (Å²) < 4.78 is 41.0. The molecule has 8 heteroatoms. The average Bonchev–Trinajstić information content (AvgIpc) is 2.74. The predicted molar refractivity (Wildman–Crippen MR) is 111 cm³/mol. The first-order valence-corrected chi connectivity index (χ1v) is 9.44. The Morgan fingerprint density at radius 1 is 0.967 bits per heavy atom. The van der Waals surface area contributed by atoms with Gasteiger partial charge in [0.15, 0.2) is 5.96 Å². The van der Waals surface area contributed by atoms with Gasteiger partial charge in [0.05, 0.1) is 18.8 Å². The summed E-state index contributed by atoms with van der Waals surface area (Å²) >= 11 is 0. The number of nitrogens with one attached hydrogen (secondary N) is 2. The van der Waals surface area contributed by atoms with Crippen molar-refractivity contribution in [3.8, 4) is 0 Å². The minimum atomic E-state index is -4.31. The summed E-state index contributed by atoms with van der Waals surface area (Å²) in [4.78, 5) is 8.67. The normalized spacial score (nSPS) is 12.2. The highest BCUT2D eigenvalue weighted by atomic mass is 19.4. The van der Waals surface area contributed by atoms with Gasteiger partial charge in [-0.25, -0.2) is 0 Å². The molecule has 158 valence electrons. The standard InChI is InChI=1S/C22H23F3N4O/c1-26-21(29-13-20-19-5-3-2-4-18(19)10-11-27-20)28-12-16-6-8-17(9-7-16)14-30-15-22(23,24)25/h2-11H,12-15H2,1H3,(H2,26,28,29). The fraction of sp³-hybridized carbons (Fsp3) is 0.273. The molecule has 1 heterocycles. The van der Waals surface area contributed by atoms with Crippen molar-refractivity contribution in [3.05, 3.63) is 77.6 Å². The molecule has 0 fully saturated rings. The number of aliphatic imine (C=N–C) groups is 1. The molecule has 2 aromatic carbocycles. The number of ether oxygens (including phenoxy) is 1. The van der Waals surface area contributed by atoms with E-state index in [-0.39, 0.29) is 6.61 Å². The number of hydrogen-bond donors (Lipinski definition) is 2. The van der Waals surface area contributed by atoms with Gasteiger partial charge in [-0.15, -0.1) is 0 Å². The van der Waals surface area contributed by atoms with Crippen molar-refractivity contribution in [1.82, 2.24) is 15.6 Å². The van der Waals surface area contributed by atoms with E-state index in [0.29, 0.717) is 24.6 Å². The first-order valence-electron chi connectivity index (χ1n) is 9.44. The van der Waals surface area contributed by atoms with Crippen LogP contribution >= 0.6 is 0 Å². The third-order valence-electron chi connectivity index (χ3n) is 4.42. The van der Waals surface area contributed by atoms with Crippen LogP contribution in [-0.2, 0) is 24.4 Å². The van der Waals surface area contributed by atoms with Gasteiger partial charge >= 0.3 is 6.18 Å². The second-order valence-corrected chi connectivity index (χ2v) is 6.68. The summed E-state index contributed by atoms with van der Waals surface area (Å²) in [5.74, 6) is 0.627. The number of benzene rings is 2. The van der Waals surface area contributed by atoms with E-state index < -0.39 is 12.8 Å². The number of fused-ring (bicyclic) bond motifs is 1. The zero-order chi connectivity index (χ0) is 21.4. The molecule has 3 rings (SSSR count). The van der Waals surface area contributed by atoms with Gasteiger partial charge < -0.3 is 15.4 Å². The Bertz CT molecular complexity index is 982. The van der Waals surface area contributed by atoms with Crippen molar-refractivity contribution in [1.29, 1.82) is 0 Å². The van der Waals surface area contributed by atoms with E-state index in [0.717, 1.165) is 22.0 Å². The van der Waals surface area contributed by atoms with E-state index in [1.54, 1.807) is 25.4 Å². The van der Waals surface area contributed by atoms with E-state index in [4.69, 9.17) is 0 Å². The summed E-state index contributed by atoms with van der Waals surface area (Å²) in [6.07, 6.45) is -2.52. The molecule has 0 atom stereocenters. The quantitative estimate of drug-likeness (QED) is 0.448. The van der Waals surface area contributed by atoms with Crippen molar-refractivity contribution in [2.45, 2.75) is 25.9 Å². The number of rotatable bonds is 7. The molecule has 0 aliphatic rings. The Balaban J connectivity index is 1.49. The van der Waals surface area contributed by atoms with Crippen molar-refractivity contribution < 1.29 is 17.9 Å². The second-order valence-electron chi connectivity index (χ2n) is 6.68. The molecular weight excluding hydrogens is 393 g/mol. The molecule has 30 heavy (non-hydrogen) atoms. The Kier molecular flexibility index (Phi) is 7.24. The van der Waals surface area contributed by atoms with Crippen molar-refractivity contribution in [3.63, 3.8) is 0 Å². The number of pyridine rings is 1. The van der Waals surface area contributed by atoms with Crippen LogP contribution < -0.4 is 10.6 Å². The molecule has 0 radical (unpaired) electrons. The van der Waals surface area contributed by atoms with Gasteiger partial charge in [-0.1, -0.05) is 48.5 Å². The zero-order valence-corrected chi connectivity index (χ0v) is 16.5. The molecule has 2 N–H and O–H groups in total. The topological polar surface area (TPSA) is 58.5 Å². The van der Waals surface area contributed by atoms with Crippen LogP contribution in [0.5, 0.6) is 0 Å². The summed E-state index contributed by atoms with van der Waals surface area (Å²) in [6, 6.07) is 17.2. The molecule has 0 unspecified atom stereocenters. The third-order valence-corrected chi connectivity index (χ3v) is 4.42. The van der Waals surface area contributed by atoms with Crippen molar-refractivity contribution in [2.24, 2.45) is 4.99 Å². The lowest BCUT2D eigenvalue weighted by atomic mass is 10.1. The SMILES string of the molecule is CN=C(NCc1ccc(COCC(F)(F)F)cc1)NCc1nccc2ccccc12. The molecule has 5 nitrogen and oxygen atoms in total. The van der Waals surface area contributed by atoms with Crippen LogP contribution in [0.1, 0.15) is 16.8 Å². The molecule has 0 bridgehead atoms. The molecule has 0 spiro atoms. The zero-order valence-electron chi connectivity index (χ0n) is 16.5. The maximum absolute atomic E-state index is 12.1. The van der Waals surface area contributed by atoms with E-state index >= 15 is 0 Å². The number of hydrogen-bond acceptors (Lipinski definition) is 3. The fourth-order valence-electron chi connectivity index (χ4n) is 2.93. The van der Waals surface area contributed by atoms with E-state index in [9.17, 15) is 13.2 Å². The minimum Gasteiger partial charge on any atom is -0.367 e. The fourth-order valence-corrected chi connectivity index (χ4v) is 2.93. The summed E-state index contributed by atoms with van der Waals surface area (Å²) in [5.41, 5.74) is 2.59. The Hall–Kier alpha value is -3.13. The largest absolute Gasteiger partial charge is 0.411 e. The molecule has 0 aliphatic heterocycles. The van der Waals surface area contributed by atoms with Crippen LogP contribution in [-0.4, -0.2) is 30.8 Å². The van der Waals surface area contributed by atoms with Gasteiger partial charge in [-0.05, 0) is 22.6 Å². The van der Waals surface area contributed by atoms with Crippen LogP contribution in [0.4, 0.5) is 13.2 Å². The van der Waals surface area contributed by atoms with Gasteiger partial charge in [0, 0.05) is 25.2 Å². The van der Waals surface area contributed by atoms with Gasteiger partial charge in [0.1, 0.15) is 6.61 Å². The van der Waals surface area contributed by atoms with E-state index in [1.165, 1.54) is 0 Å². The first-order chi connectivity index (χ1) is 14.4. The molecule has 0 saturated carbocycles. The van der Waals surface area contributed by atoms with Crippen LogP contribution in [0.15, 0.2) is 65.8 Å². The van der Waals surface area contributed by atoms with Crippen molar-refractivity contribution >= 4 is 16.7 Å². The predicted octanol–water partition coefficient (Wildman–Crippen LogP) is 4.18. The van der Waals surface area contributed by atoms with Crippen LogP contribution in [0, 0.1) is 0 Å². The van der Waals surface area contributed by atoms with Gasteiger partial charge in [0.25, 0.3) is 0 Å². The first kappa shape index (κ1) is 21.6. The number of alkyl halides is 3. The molecular formula is C22H23F3N4O. The minimum absolute atomic E-state index is 0.0749. The lowest BCUT2D eigenvalue weighted by molar-refractivity contribution is -0.176. The molecule has 0 saturated heterocycles. The van der Waals surface area contributed by atoms with Crippen LogP contribution in [0.3, 0.4) is 0 Å². The summed E-state index contributed by atoms with van der Waals surface area (Å²) in [5, 5.41) is 8.69. The highest BCUT2D eigenvalue weighted by Gasteiger charge is 2.27. The van der Waals surface area contributed by atoms with E-state index in [2.05, 4.69) is 25.3 Å². The Morgan fingerprint density at radius 3 is 2.40 bits per heavy atom. The lowest BCUT2D eigenvalue weighted by Crippen LogP contribution is -2.36. The van der Waals surface area contributed by atoms with Gasteiger partial charge in [0.2, 0.25) is 0 Å².